The third-order valence-electron chi connectivity index (χ3n) is 7.24. The largest absolute Gasteiger partial charge is 0.493 e. The number of aromatic hydroxyl groups is 1. The quantitative estimate of drug-likeness (QED) is 0.182. The molecule has 0 radical (unpaired) electrons. The number of allylic oxidation sites excluding steroid dienone is 2. The Labute approximate surface area is 212 Å². The van der Waals surface area contributed by atoms with Crippen LogP contribution in [-0.4, -0.2) is 74.2 Å². The third kappa shape index (κ3) is 5.66. The summed E-state index contributed by atoms with van der Waals surface area (Å²) in [6.07, 6.45) is 5.55. The van der Waals surface area contributed by atoms with Gasteiger partial charge >= 0.3 is 0 Å². The Bertz CT molecular complexity index is 1410. The van der Waals surface area contributed by atoms with Crippen molar-refractivity contribution in [3.05, 3.63) is 33.6 Å². The van der Waals surface area contributed by atoms with Gasteiger partial charge in [0.2, 0.25) is 5.88 Å². The second-order valence-corrected chi connectivity index (χ2v) is 12.9. The molecule has 0 spiro atoms. The standard InChI is InChI=1S/C21H28N4O10S2/c26-18-16(20(28)24(22-18)12-4-8-14(9-5-12)36(30,31)32)2-1-3-17-19(27)23-25(21(17)29)13-6-10-15(11-7-13)37(33,34)35/h1-3,12-15,28H,4-11H2,(H,22,26)(H,23,27)(H,30,31,32)(H,33,34,35). The van der Waals surface area contributed by atoms with Crippen LogP contribution in [0, 0.1) is 0 Å². The number of aromatic amines is 1. The summed E-state index contributed by atoms with van der Waals surface area (Å²) in [5.41, 5.74) is 1.52. The minimum absolute atomic E-state index is 0.111. The van der Waals surface area contributed by atoms with Gasteiger partial charge in [-0.3, -0.25) is 38.7 Å². The predicted octanol–water partition coefficient (Wildman–Crippen LogP) is 0.266. The molecule has 0 unspecified atom stereocenters. The average Bonchev–Trinajstić information content (AvgIpc) is 3.28. The third-order valence-corrected chi connectivity index (χ3v) is 9.87. The van der Waals surface area contributed by atoms with E-state index in [4.69, 9.17) is 0 Å². The molecule has 3 aliphatic rings. The number of carbonyl (C=O) groups is 2. The van der Waals surface area contributed by atoms with Crippen LogP contribution in [-0.2, 0) is 29.8 Å². The molecule has 1 aromatic heterocycles. The molecule has 1 aliphatic heterocycles. The summed E-state index contributed by atoms with van der Waals surface area (Å²) < 4.78 is 65.0. The summed E-state index contributed by atoms with van der Waals surface area (Å²) in [4.78, 5) is 37.5. The van der Waals surface area contributed by atoms with Gasteiger partial charge in [0.1, 0.15) is 11.1 Å². The zero-order valence-electron chi connectivity index (χ0n) is 19.6. The fourth-order valence-corrected chi connectivity index (χ4v) is 6.90. The van der Waals surface area contributed by atoms with Crippen LogP contribution >= 0.6 is 0 Å². The highest BCUT2D eigenvalue weighted by Gasteiger charge is 2.40. The smallest absolute Gasteiger partial charge is 0.278 e. The summed E-state index contributed by atoms with van der Waals surface area (Å²) in [7, 11) is -8.32. The van der Waals surface area contributed by atoms with Gasteiger partial charge < -0.3 is 5.11 Å². The summed E-state index contributed by atoms with van der Waals surface area (Å²) in [6, 6.07) is -0.806. The molecule has 2 heterocycles. The van der Waals surface area contributed by atoms with E-state index >= 15 is 0 Å². The number of amides is 2. The average molecular weight is 561 g/mol. The first kappa shape index (κ1) is 27.1. The molecule has 1 saturated heterocycles. The van der Waals surface area contributed by atoms with Crippen molar-refractivity contribution in [2.45, 2.75) is 74.0 Å². The summed E-state index contributed by atoms with van der Waals surface area (Å²) >= 11 is 0. The number of H-pyrrole nitrogens is 1. The van der Waals surface area contributed by atoms with Crippen LogP contribution in [0.3, 0.4) is 0 Å². The lowest BCUT2D eigenvalue weighted by Crippen LogP contribution is -2.47. The van der Waals surface area contributed by atoms with E-state index in [-0.39, 0.29) is 61.6 Å². The maximum atomic E-state index is 12.8. The van der Waals surface area contributed by atoms with E-state index in [0.29, 0.717) is 12.8 Å². The lowest BCUT2D eigenvalue weighted by atomic mass is 9.94. The van der Waals surface area contributed by atoms with Crippen LogP contribution < -0.4 is 11.0 Å². The molecule has 2 saturated carbocycles. The van der Waals surface area contributed by atoms with Gasteiger partial charge in [-0.05, 0) is 63.5 Å². The zero-order chi connectivity index (χ0) is 27.1. The number of nitrogens with zero attached hydrogens (tertiary/aromatic N) is 2. The fourth-order valence-electron chi connectivity index (χ4n) is 5.16. The highest BCUT2D eigenvalue weighted by Crippen LogP contribution is 2.34. The summed E-state index contributed by atoms with van der Waals surface area (Å²) in [5.74, 6) is -1.66. The van der Waals surface area contributed by atoms with E-state index < -0.39 is 54.2 Å². The molecule has 16 heteroatoms. The van der Waals surface area contributed by atoms with Crippen molar-refractivity contribution in [1.29, 1.82) is 0 Å². The second-order valence-electron chi connectivity index (χ2n) is 9.49. The van der Waals surface area contributed by atoms with Gasteiger partial charge in [-0.15, -0.1) is 0 Å². The van der Waals surface area contributed by atoms with Crippen molar-refractivity contribution in [1.82, 2.24) is 20.2 Å². The summed E-state index contributed by atoms with van der Waals surface area (Å²) in [6.45, 7) is 0. The first-order valence-electron chi connectivity index (χ1n) is 11.8. The van der Waals surface area contributed by atoms with E-state index in [9.17, 15) is 45.4 Å². The topological polar surface area (TPSA) is 216 Å². The minimum Gasteiger partial charge on any atom is -0.493 e. The van der Waals surface area contributed by atoms with Crippen molar-refractivity contribution in [3.8, 4) is 5.88 Å². The number of hydrazine groups is 1. The highest BCUT2D eigenvalue weighted by molar-refractivity contribution is 7.86. The Morgan fingerprint density at radius 1 is 0.811 bits per heavy atom. The van der Waals surface area contributed by atoms with Crippen molar-refractivity contribution in [2.24, 2.45) is 0 Å². The van der Waals surface area contributed by atoms with Crippen molar-refractivity contribution < 1.29 is 40.6 Å². The predicted molar refractivity (Wildman–Crippen MR) is 129 cm³/mol. The van der Waals surface area contributed by atoms with Gasteiger partial charge in [0.15, 0.2) is 0 Å². The van der Waals surface area contributed by atoms with Crippen molar-refractivity contribution in [2.75, 3.05) is 0 Å². The van der Waals surface area contributed by atoms with Gasteiger partial charge in [-0.25, -0.2) is 5.01 Å². The Hall–Kier alpha value is -2.95. The van der Waals surface area contributed by atoms with Gasteiger partial charge in [0, 0.05) is 0 Å². The lowest BCUT2D eigenvalue weighted by molar-refractivity contribution is -0.131. The van der Waals surface area contributed by atoms with E-state index in [1.165, 1.54) is 22.9 Å². The summed E-state index contributed by atoms with van der Waals surface area (Å²) in [5, 5.41) is 12.4. The maximum absolute atomic E-state index is 12.8. The van der Waals surface area contributed by atoms with Crippen LogP contribution in [0.1, 0.15) is 63.0 Å². The first-order valence-corrected chi connectivity index (χ1v) is 14.8. The molecule has 14 nitrogen and oxygen atoms in total. The fraction of sp³-hybridized carbons (Fsp3) is 0.571. The first-order chi connectivity index (χ1) is 17.3. The van der Waals surface area contributed by atoms with Gasteiger partial charge in [-0.1, -0.05) is 6.08 Å². The van der Waals surface area contributed by atoms with Gasteiger partial charge in [0.25, 0.3) is 37.6 Å². The van der Waals surface area contributed by atoms with Crippen LogP contribution in [0.5, 0.6) is 5.88 Å². The molecule has 5 N–H and O–H groups in total. The highest BCUT2D eigenvalue weighted by atomic mass is 32.2. The molecule has 2 aliphatic carbocycles. The monoisotopic (exact) mass is 560 g/mol. The molecular formula is C21H28N4O10S2. The number of hydrogen-bond acceptors (Lipinski definition) is 8. The molecule has 204 valence electrons. The molecule has 3 fully saturated rings. The molecule has 0 aromatic carbocycles. The van der Waals surface area contributed by atoms with Crippen LogP contribution in [0.15, 0.2) is 22.5 Å². The Kier molecular flexibility index (Phi) is 7.38. The second kappa shape index (κ2) is 10.1. The SMILES string of the molecule is O=C1NN(C2CCC(S(=O)(=O)O)CC2)C(=O)C1=CC=Cc1c(O)n(C2CCC(S(=O)(=O)O)CC2)[nH]c1=O. The zero-order valence-corrected chi connectivity index (χ0v) is 21.2. The maximum Gasteiger partial charge on any atom is 0.278 e. The Balaban J connectivity index is 1.43. The molecule has 2 amide bonds. The van der Waals surface area contributed by atoms with E-state index in [0.717, 1.165) is 5.01 Å². The Morgan fingerprint density at radius 2 is 1.32 bits per heavy atom. The van der Waals surface area contributed by atoms with Crippen LogP contribution in [0.25, 0.3) is 6.08 Å². The molecule has 1 aromatic rings. The van der Waals surface area contributed by atoms with E-state index in [1.54, 1.807) is 0 Å². The molecule has 0 atom stereocenters. The normalized spacial score (nSPS) is 28.8. The lowest BCUT2D eigenvalue weighted by Gasteiger charge is -2.32. The molecule has 0 bridgehead atoms. The van der Waals surface area contributed by atoms with Crippen LogP contribution in [0.2, 0.25) is 0 Å². The number of carbonyl (C=O) groups excluding carboxylic acids is 2. The van der Waals surface area contributed by atoms with Gasteiger partial charge in [0.05, 0.1) is 22.6 Å². The Morgan fingerprint density at radius 3 is 1.84 bits per heavy atom. The van der Waals surface area contributed by atoms with E-state index in [2.05, 4.69) is 10.5 Å². The number of hydrogen-bond donors (Lipinski definition) is 5. The molecule has 37 heavy (non-hydrogen) atoms. The van der Waals surface area contributed by atoms with E-state index in [1.807, 2.05) is 0 Å². The van der Waals surface area contributed by atoms with Gasteiger partial charge in [-0.2, -0.15) is 16.8 Å². The number of rotatable bonds is 6. The minimum atomic E-state index is -4.16. The number of aromatic nitrogens is 2. The van der Waals surface area contributed by atoms with Crippen molar-refractivity contribution in [3.63, 3.8) is 0 Å². The van der Waals surface area contributed by atoms with Crippen LogP contribution in [0.4, 0.5) is 0 Å². The van der Waals surface area contributed by atoms with Crippen molar-refractivity contribution >= 4 is 38.1 Å². The molecular weight excluding hydrogens is 532 g/mol. The number of nitrogens with one attached hydrogen (secondary N) is 2. The molecule has 4 rings (SSSR count).